The van der Waals surface area contributed by atoms with Crippen molar-refractivity contribution in [3.8, 4) is 11.5 Å². The molecule has 0 fully saturated rings. The summed E-state index contributed by atoms with van der Waals surface area (Å²) in [5.74, 6) is 0.971. The molecule has 0 heterocycles. The second-order valence-electron chi connectivity index (χ2n) is 5.01. The van der Waals surface area contributed by atoms with Crippen LogP contribution in [-0.2, 0) is 0 Å². The van der Waals surface area contributed by atoms with Crippen LogP contribution in [-0.4, -0.2) is 25.3 Å². The predicted octanol–water partition coefficient (Wildman–Crippen LogP) is 3.64. The Hall–Kier alpha value is -2.82. The van der Waals surface area contributed by atoms with Gasteiger partial charge in [0.15, 0.2) is 0 Å². The van der Waals surface area contributed by atoms with Crippen molar-refractivity contribution in [2.24, 2.45) is 5.10 Å². The van der Waals surface area contributed by atoms with E-state index in [2.05, 4.69) is 10.5 Å². The molecule has 2 rings (SSSR count). The number of benzene rings is 2. The van der Waals surface area contributed by atoms with E-state index in [1.807, 2.05) is 44.2 Å². The van der Waals surface area contributed by atoms with Gasteiger partial charge in [0.05, 0.1) is 25.0 Å². The molecule has 0 aliphatic carbocycles. The first-order valence-electron chi connectivity index (χ1n) is 8.03. The van der Waals surface area contributed by atoms with Crippen LogP contribution in [0.5, 0.6) is 11.5 Å². The summed E-state index contributed by atoms with van der Waals surface area (Å²) < 4.78 is 11.1. The fourth-order valence-corrected chi connectivity index (χ4v) is 2.09. The fourth-order valence-electron chi connectivity index (χ4n) is 2.09. The summed E-state index contributed by atoms with van der Waals surface area (Å²) in [7, 11) is 0. The second-order valence-corrected chi connectivity index (χ2v) is 5.01. The quantitative estimate of drug-likeness (QED) is 0.595. The van der Waals surface area contributed by atoms with Crippen molar-refractivity contribution in [3.63, 3.8) is 0 Å². The Kier molecular flexibility index (Phi) is 6.83. The third kappa shape index (κ3) is 4.84. The molecule has 0 saturated heterocycles. The molecule has 0 aliphatic rings. The van der Waals surface area contributed by atoms with Crippen LogP contribution in [0.1, 0.15) is 36.2 Å². The fraction of sp³-hybridized carbons (Fsp3) is 0.263. The minimum atomic E-state index is -0.313. The first-order chi connectivity index (χ1) is 11.8. The number of nitrogens with zero attached hydrogens (tertiary/aromatic N) is 1. The lowest BCUT2D eigenvalue weighted by Crippen LogP contribution is -2.19. The monoisotopic (exact) mass is 326 g/mol. The van der Waals surface area contributed by atoms with Gasteiger partial charge in [-0.15, -0.1) is 0 Å². The molecular weight excluding hydrogens is 304 g/mol. The van der Waals surface area contributed by atoms with E-state index in [4.69, 9.17) is 9.47 Å². The molecule has 5 heteroatoms. The van der Waals surface area contributed by atoms with Crippen molar-refractivity contribution >= 4 is 12.1 Å². The van der Waals surface area contributed by atoms with Crippen LogP contribution in [0.3, 0.4) is 0 Å². The molecule has 0 aromatic heterocycles. The maximum absolute atomic E-state index is 12.3. The average molecular weight is 326 g/mol. The average Bonchev–Trinajstić information content (AvgIpc) is 2.62. The van der Waals surface area contributed by atoms with E-state index in [9.17, 15) is 4.79 Å². The summed E-state index contributed by atoms with van der Waals surface area (Å²) in [4.78, 5) is 12.3. The third-order valence-corrected chi connectivity index (χ3v) is 3.18. The minimum Gasteiger partial charge on any atom is -0.493 e. The predicted molar refractivity (Wildman–Crippen MR) is 94.9 cm³/mol. The number of hydrogen-bond acceptors (Lipinski definition) is 4. The zero-order chi connectivity index (χ0) is 17.2. The molecule has 1 N–H and O–H groups in total. The van der Waals surface area contributed by atoms with E-state index in [1.165, 1.54) is 0 Å². The Labute approximate surface area is 142 Å². The number of carbonyl (C=O) groups excluding carboxylic acids is 1. The lowest BCUT2D eigenvalue weighted by Gasteiger charge is -2.09. The highest BCUT2D eigenvalue weighted by Crippen LogP contribution is 2.18. The molecular formula is C19H22N2O3. The van der Waals surface area contributed by atoms with Crippen molar-refractivity contribution < 1.29 is 14.3 Å². The van der Waals surface area contributed by atoms with Crippen LogP contribution in [0.15, 0.2) is 53.6 Å². The molecule has 0 spiro atoms. The Morgan fingerprint density at radius 3 is 2.50 bits per heavy atom. The maximum atomic E-state index is 12.3. The summed E-state index contributed by atoms with van der Waals surface area (Å²) in [6.45, 7) is 5.07. The van der Waals surface area contributed by atoms with E-state index in [-0.39, 0.29) is 5.91 Å². The molecule has 0 saturated carbocycles. The highest BCUT2D eigenvalue weighted by molar-refractivity contribution is 5.97. The van der Waals surface area contributed by atoms with Crippen LogP contribution >= 0.6 is 0 Å². The molecule has 0 atom stereocenters. The van der Waals surface area contributed by atoms with Crippen molar-refractivity contribution in [1.29, 1.82) is 0 Å². The molecule has 2 aromatic carbocycles. The van der Waals surface area contributed by atoms with E-state index >= 15 is 0 Å². The van der Waals surface area contributed by atoms with Gasteiger partial charge in [-0.05, 0) is 37.6 Å². The van der Waals surface area contributed by atoms with Crippen LogP contribution in [0.25, 0.3) is 0 Å². The first kappa shape index (κ1) is 17.5. The summed E-state index contributed by atoms with van der Waals surface area (Å²) in [6, 6.07) is 14.6. The van der Waals surface area contributed by atoms with Crippen molar-refractivity contribution in [2.75, 3.05) is 13.2 Å². The highest BCUT2D eigenvalue weighted by atomic mass is 16.5. The largest absolute Gasteiger partial charge is 0.493 e. The number of amides is 1. The van der Waals surface area contributed by atoms with Gasteiger partial charge in [0.25, 0.3) is 5.91 Å². The van der Waals surface area contributed by atoms with Gasteiger partial charge in [-0.3, -0.25) is 4.79 Å². The smallest absolute Gasteiger partial charge is 0.275 e. The van der Waals surface area contributed by atoms with E-state index in [0.29, 0.717) is 24.5 Å². The van der Waals surface area contributed by atoms with Gasteiger partial charge in [0.2, 0.25) is 0 Å². The van der Waals surface area contributed by atoms with Crippen molar-refractivity contribution in [2.45, 2.75) is 20.3 Å². The zero-order valence-corrected chi connectivity index (χ0v) is 14.0. The van der Waals surface area contributed by atoms with Crippen LogP contribution < -0.4 is 14.9 Å². The maximum Gasteiger partial charge on any atom is 0.275 e. The number of hydrazone groups is 1. The van der Waals surface area contributed by atoms with Gasteiger partial charge in [-0.25, -0.2) is 5.43 Å². The van der Waals surface area contributed by atoms with Crippen molar-refractivity contribution in [3.05, 3.63) is 59.7 Å². The number of rotatable bonds is 8. The second kappa shape index (κ2) is 9.35. The number of para-hydroxylation sites is 2. The van der Waals surface area contributed by atoms with Gasteiger partial charge in [-0.1, -0.05) is 31.2 Å². The van der Waals surface area contributed by atoms with Gasteiger partial charge in [0, 0.05) is 5.56 Å². The van der Waals surface area contributed by atoms with E-state index in [1.54, 1.807) is 24.4 Å². The minimum absolute atomic E-state index is 0.313. The molecule has 5 nitrogen and oxygen atoms in total. The normalized spacial score (nSPS) is 10.6. The Bertz CT molecular complexity index is 699. The van der Waals surface area contributed by atoms with Crippen LogP contribution in [0.2, 0.25) is 0 Å². The molecule has 2 aromatic rings. The summed E-state index contributed by atoms with van der Waals surface area (Å²) in [6.07, 6.45) is 2.45. The molecule has 0 unspecified atom stereocenters. The SMILES string of the molecule is CCCOc1ccccc1C(=O)N/N=C/c1ccccc1OCC. The van der Waals surface area contributed by atoms with Crippen LogP contribution in [0.4, 0.5) is 0 Å². The Balaban J connectivity index is 2.06. The van der Waals surface area contributed by atoms with E-state index < -0.39 is 0 Å². The first-order valence-corrected chi connectivity index (χ1v) is 8.03. The van der Waals surface area contributed by atoms with Gasteiger partial charge in [-0.2, -0.15) is 5.10 Å². The van der Waals surface area contributed by atoms with Gasteiger partial charge < -0.3 is 9.47 Å². The highest BCUT2D eigenvalue weighted by Gasteiger charge is 2.11. The standard InChI is InChI=1S/C19H22N2O3/c1-3-13-24-18-12-8-6-10-16(18)19(22)21-20-14-15-9-5-7-11-17(15)23-4-2/h5-12,14H,3-4,13H2,1-2H3,(H,21,22)/b20-14+. The summed E-state index contributed by atoms with van der Waals surface area (Å²) in [5.41, 5.74) is 3.79. The Morgan fingerprint density at radius 1 is 1.04 bits per heavy atom. The van der Waals surface area contributed by atoms with Gasteiger partial charge in [0.1, 0.15) is 11.5 Å². The zero-order valence-electron chi connectivity index (χ0n) is 14.0. The molecule has 0 bridgehead atoms. The summed E-state index contributed by atoms with van der Waals surface area (Å²) in [5, 5.41) is 4.02. The Morgan fingerprint density at radius 2 is 1.75 bits per heavy atom. The number of ether oxygens (including phenoxy) is 2. The van der Waals surface area contributed by atoms with E-state index in [0.717, 1.165) is 17.7 Å². The molecule has 1 amide bonds. The molecule has 0 aliphatic heterocycles. The molecule has 0 radical (unpaired) electrons. The number of nitrogens with one attached hydrogen (secondary N) is 1. The number of carbonyl (C=O) groups is 1. The van der Waals surface area contributed by atoms with Crippen LogP contribution in [0, 0.1) is 0 Å². The molecule has 126 valence electrons. The lowest BCUT2D eigenvalue weighted by molar-refractivity contribution is 0.0951. The third-order valence-electron chi connectivity index (χ3n) is 3.18. The molecule has 24 heavy (non-hydrogen) atoms. The van der Waals surface area contributed by atoms with Gasteiger partial charge >= 0.3 is 0 Å². The number of hydrogen-bond donors (Lipinski definition) is 1. The lowest BCUT2D eigenvalue weighted by atomic mass is 10.2. The topological polar surface area (TPSA) is 59.9 Å². The summed E-state index contributed by atoms with van der Waals surface area (Å²) >= 11 is 0. The van der Waals surface area contributed by atoms with Crippen molar-refractivity contribution in [1.82, 2.24) is 5.43 Å².